The topological polar surface area (TPSA) is 195 Å². The molecule has 274 valence electrons. The number of unbranched alkanes of at least 4 members (excludes halogenated alkanes) is 1. The lowest BCUT2D eigenvalue weighted by Crippen LogP contribution is -2.32. The zero-order chi connectivity index (χ0) is 36.6. The van der Waals surface area contributed by atoms with Crippen LogP contribution in [0.2, 0.25) is 5.15 Å². The molecular weight excluding hydrogens is 640 g/mol. The number of guanidine groups is 1. The Kier molecular flexibility index (Phi) is 23.1. The smallest absolute Gasteiger partial charge is 0.188 e. The molecule has 0 unspecified atom stereocenters. The van der Waals surface area contributed by atoms with E-state index in [0.717, 1.165) is 71.1 Å². The van der Waals surface area contributed by atoms with Crippen LogP contribution in [0, 0.1) is 0 Å². The van der Waals surface area contributed by atoms with Gasteiger partial charge in [-0.3, -0.25) is 9.79 Å². The van der Waals surface area contributed by atoms with Crippen molar-refractivity contribution in [2.45, 2.75) is 72.4 Å². The number of benzene rings is 1. The van der Waals surface area contributed by atoms with E-state index in [-0.39, 0.29) is 34.1 Å². The SMILES string of the molecule is CC.CC1(C)OCCO1.CC1(C)OCCO1.CN=C(N)NCCCCc1ccc(OCCN(C)C)cc1.Nc1nc(N)c(C=O)nc1Cl. The lowest BCUT2D eigenvalue weighted by atomic mass is 10.1. The average molecular weight is 699 g/mol. The molecular formula is C33H59ClN8O6. The fourth-order valence-corrected chi connectivity index (χ4v) is 3.75. The third kappa shape index (κ3) is 21.6. The fourth-order valence-electron chi connectivity index (χ4n) is 3.62. The molecule has 2 fully saturated rings. The average Bonchev–Trinajstić information content (AvgIpc) is 3.66. The number of nitrogens with two attached hydrogens (primary N) is 3. The molecule has 0 spiro atoms. The van der Waals surface area contributed by atoms with Crippen LogP contribution >= 0.6 is 11.6 Å². The number of aromatic nitrogens is 2. The maximum Gasteiger partial charge on any atom is 0.188 e. The van der Waals surface area contributed by atoms with Crippen molar-refractivity contribution in [2.75, 3.05) is 78.7 Å². The van der Waals surface area contributed by atoms with Crippen LogP contribution < -0.4 is 27.3 Å². The Labute approximate surface area is 292 Å². The molecule has 48 heavy (non-hydrogen) atoms. The Morgan fingerprint density at radius 3 is 1.90 bits per heavy atom. The molecule has 0 saturated carbocycles. The number of carbonyl (C=O) groups is 1. The number of aryl methyl sites for hydroxylation is 1. The zero-order valence-electron chi connectivity index (χ0n) is 30.3. The molecule has 14 nitrogen and oxygen atoms in total. The molecule has 0 aliphatic carbocycles. The molecule has 0 radical (unpaired) electrons. The number of aliphatic imine (C=N–C) groups is 1. The molecule has 15 heteroatoms. The number of aldehydes is 1. The summed E-state index contributed by atoms with van der Waals surface area (Å²) in [5.41, 5.74) is 17.4. The molecule has 7 N–H and O–H groups in total. The van der Waals surface area contributed by atoms with E-state index in [2.05, 4.69) is 37.3 Å². The second-order valence-electron chi connectivity index (χ2n) is 11.3. The van der Waals surface area contributed by atoms with Crippen LogP contribution in [0.15, 0.2) is 29.3 Å². The molecule has 4 rings (SSSR count). The number of hydrogen-bond donors (Lipinski definition) is 4. The van der Waals surface area contributed by atoms with E-state index in [9.17, 15) is 4.79 Å². The maximum atomic E-state index is 10.2. The number of nitrogen functional groups attached to an aromatic ring is 2. The van der Waals surface area contributed by atoms with Crippen LogP contribution in [0.3, 0.4) is 0 Å². The third-order valence-corrected chi connectivity index (χ3v) is 6.46. The first-order valence-electron chi connectivity index (χ1n) is 16.1. The highest BCUT2D eigenvalue weighted by atomic mass is 35.5. The van der Waals surface area contributed by atoms with Gasteiger partial charge in [0.1, 0.15) is 18.1 Å². The normalized spacial score (nSPS) is 15.7. The Bertz CT molecular complexity index is 1150. The van der Waals surface area contributed by atoms with Gasteiger partial charge in [-0.25, -0.2) is 9.97 Å². The highest BCUT2D eigenvalue weighted by Gasteiger charge is 2.24. The summed E-state index contributed by atoms with van der Waals surface area (Å²) in [6.45, 7) is 17.2. The lowest BCUT2D eigenvalue weighted by Gasteiger charge is -2.13. The number of rotatable bonds is 10. The van der Waals surface area contributed by atoms with Crippen molar-refractivity contribution in [3.63, 3.8) is 0 Å². The van der Waals surface area contributed by atoms with E-state index in [1.807, 2.05) is 67.8 Å². The van der Waals surface area contributed by atoms with E-state index < -0.39 is 0 Å². The molecule has 2 saturated heterocycles. The third-order valence-electron chi connectivity index (χ3n) is 6.18. The van der Waals surface area contributed by atoms with Crippen LogP contribution in [0.25, 0.3) is 0 Å². The van der Waals surface area contributed by atoms with Gasteiger partial charge in [-0.1, -0.05) is 37.6 Å². The molecule has 3 heterocycles. The first-order valence-corrected chi connectivity index (χ1v) is 16.5. The highest BCUT2D eigenvalue weighted by molar-refractivity contribution is 6.31. The Morgan fingerprint density at radius 2 is 1.48 bits per heavy atom. The van der Waals surface area contributed by atoms with Gasteiger partial charge in [-0.05, 0) is 78.7 Å². The Balaban J connectivity index is 0.000000676. The minimum Gasteiger partial charge on any atom is -0.492 e. The van der Waals surface area contributed by atoms with Gasteiger partial charge in [0.2, 0.25) is 0 Å². The number of ether oxygens (including phenoxy) is 5. The Morgan fingerprint density at radius 1 is 0.958 bits per heavy atom. The summed E-state index contributed by atoms with van der Waals surface area (Å²) in [6, 6.07) is 8.37. The summed E-state index contributed by atoms with van der Waals surface area (Å²) >= 11 is 5.45. The van der Waals surface area contributed by atoms with Crippen molar-refractivity contribution in [3.8, 4) is 5.75 Å². The molecule has 1 aromatic carbocycles. The predicted molar refractivity (Wildman–Crippen MR) is 194 cm³/mol. The quantitative estimate of drug-likeness (QED) is 0.120. The predicted octanol–water partition coefficient (Wildman–Crippen LogP) is 4.16. The first-order chi connectivity index (χ1) is 22.7. The number of anilines is 2. The molecule has 2 aliphatic rings. The summed E-state index contributed by atoms with van der Waals surface area (Å²) in [5.74, 6) is 0.847. The van der Waals surface area contributed by atoms with Gasteiger partial charge in [0.15, 0.2) is 40.6 Å². The van der Waals surface area contributed by atoms with Crippen molar-refractivity contribution >= 4 is 35.5 Å². The second kappa shape index (κ2) is 24.8. The van der Waals surface area contributed by atoms with Crippen molar-refractivity contribution in [1.82, 2.24) is 20.2 Å². The fraction of sp³-hybridized carbons (Fsp3) is 0.636. The number of nitrogens with one attached hydrogen (secondary N) is 1. The monoisotopic (exact) mass is 698 g/mol. The maximum absolute atomic E-state index is 10.2. The zero-order valence-corrected chi connectivity index (χ0v) is 31.1. The van der Waals surface area contributed by atoms with E-state index in [1.165, 1.54) is 5.56 Å². The molecule has 2 aromatic rings. The number of hydrogen-bond acceptors (Lipinski definition) is 12. The molecule has 0 bridgehead atoms. The van der Waals surface area contributed by atoms with Crippen molar-refractivity contribution in [2.24, 2.45) is 10.7 Å². The summed E-state index contributed by atoms with van der Waals surface area (Å²) in [7, 11) is 5.77. The van der Waals surface area contributed by atoms with E-state index in [1.54, 1.807) is 7.05 Å². The van der Waals surface area contributed by atoms with E-state index >= 15 is 0 Å². The van der Waals surface area contributed by atoms with Crippen molar-refractivity contribution in [3.05, 3.63) is 40.7 Å². The van der Waals surface area contributed by atoms with Crippen LogP contribution in [-0.4, -0.2) is 106 Å². The van der Waals surface area contributed by atoms with Gasteiger partial charge in [0.05, 0.1) is 26.4 Å². The summed E-state index contributed by atoms with van der Waals surface area (Å²) in [6.07, 6.45) is 3.75. The van der Waals surface area contributed by atoms with E-state index in [4.69, 9.17) is 52.5 Å². The van der Waals surface area contributed by atoms with Crippen LogP contribution in [-0.2, 0) is 25.4 Å². The number of likely N-dealkylation sites (N-methyl/N-ethyl adjacent to an activating group) is 1. The van der Waals surface area contributed by atoms with Gasteiger partial charge in [0.25, 0.3) is 0 Å². The summed E-state index contributed by atoms with van der Waals surface area (Å²) in [5, 5.41) is 3.05. The number of nitrogens with zero attached hydrogens (tertiary/aromatic N) is 4. The molecule has 1 aromatic heterocycles. The minimum absolute atomic E-state index is 0.00389. The molecule has 0 amide bonds. The first kappa shape index (κ1) is 44.7. The Hall–Kier alpha value is -3.27. The van der Waals surface area contributed by atoms with Gasteiger partial charge >= 0.3 is 0 Å². The van der Waals surface area contributed by atoms with Gasteiger partial charge in [-0.2, -0.15) is 0 Å². The van der Waals surface area contributed by atoms with Gasteiger partial charge in [-0.15, -0.1) is 0 Å². The van der Waals surface area contributed by atoms with E-state index in [0.29, 0.717) is 12.2 Å². The van der Waals surface area contributed by atoms with Crippen LogP contribution in [0.5, 0.6) is 5.75 Å². The standard InChI is InChI=1S/C16H28N4O.C5H5ClN4O.2C5H10O2.C2H6/c1-18-16(17)19-11-5-4-6-14-7-9-15(10-8-14)21-13-12-20(2)3;6-3-5(8)10-4(7)2(1-11)9-3;2*1-5(2)6-3-4-7-5;1-2/h7-10H,4-6,11-13H2,1-3H3,(H3,17,18,19);1H,(H4,7,8,10);2*3-4H2,1-2H3;1-2H3. The molecule has 2 aliphatic heterocycles. The minimum atomic E-state index is -0.306. The summed E-state index contributed by atoms with van der Waals surface area (Å²) < 4.78 is 26.1. The van der Waals surface area contributed by atoms with Crippen LogP contribution in [0.4, 0.5) is 11.6 Å². The lowest BCUT2D eigenvalue weighted by molar-refractivity contribution is -0.126. The highest BCUT2D eigenvalue weighted by Crippen LogP contribution is 2.17. The van der Waals surface area contributed by atoms with Crippen molar-refractivity contribution in [1.29, 1.82) is 0 Å². The molecule has 0 atom stereocenters. The van der Waals surface area contributed by atoms with Gasteiger partial charge in [0, 0.05) is 20.1 Å². The van der Waals surface area contributed by atoms with Crippen molar-refractivity contribution < 1.29 is 28.5 Å². The van der Waals surface area contributed by atoms with Crippen LogP contribution in [0.1, 0.15) is 70.4 Å². The van der Waals surface area contributed by atoms with Gasteiger partial charge < -0.3 is 51.1 Å². The number of halogens is 1. The largest absolute Gasteiger partial charge is 0.492 e. The number of carbonyl (C=O) groups excluding carboxylic acids is 1. The summed E-state index contributed by atoms with van der Waals surface area (Å²) in [4.78, 5) is 23.3. The second-order valence-corrected chi connectivity index (χ2v) is 11.6.